The first-order valence-electron chi connectivity index (χ1n) is 8.51. The lowest BCUT2D eigenvalue weighted by Gasteiger charge is -2.09. The van der Waals surface area contributed by atoms with Crippen LogP contribution >= 0.6 is 15.9 Å². The van der Waals surface area contributed by atoms with Crippen molar-refractivity contribution in [2.45, 2.75) is 32.6 Å². The predicted molar refractivity (Wildman–Crippen MR) is 105 cm³/mol. The first kappa shape index (κ1) is 19.3. The Morgan fingerprint density at radius 3 is 2.48 bits per heavy atom. The number of ether oxygens (including phenoxy) is 2. The van der Waals surface area contributed by atoms with Gasteiger partial charge in [-0.1, -0.05) is 26.2 Å². The highest BCUT2D eigenvalue weighted by molar-refractivity contribution is 9.10. The Balaban J connectivity index is 1.87. The van der Waals surface area contributed by atoms with E-state index in [4.69, 9.17) is 9.47 Å². The summed E-state index contributed by atoms with van der Waals surface area (Å²) in [6.45, 7) is 2.92. The maximum absolute atomic E-state index is 12.3. The molecule has 0 aliphatic rings. The van der Waals surface area contributed by atoms with E-state index in [9.17, 15) is 4.79 Å². The third kappa shape index (κ3) is 6.09. The van der Waals surface area contributed by atoms with E-state index in [2.05, 4.69) is 28.2 Å². The van der Waals surface area contributed by atoms with Crippen LogP contribution in [0, 0.1) is 0 Å². The van der Waals surface area contributed by atoms with Gasteiger partial charge in [-0.2, -0.15) is 0 Å². The molecule has 0 saturated carbocycles. The number of nitrogens with one attached hydrogen (secondary N) is 1. The summed E-state index contributed by atoms with van der Waals surface area (Å²) < 4.78 is 11.6. The Bertz CT molecular complexity index is 686. The number of amides is 1. The molecular formula is C20H24BrNO3. The topological polar surface area (TPSA) is 47.6 Å². The Morgan fingerprint density at radius 2 is 1.84 bits per heavy atom. The minimum atomic E-state index is -0.170. The quantitative estimate of drug-likeness (QED) is 0.546. The number of unbranched alkanes of at least 4 members (excludes halogenated alkanes) is 3. The van der Waals surface area contributed by atoms with E-state index in [1.807, 2.05) is 24.3 Å². The summed E-state index contributed by atoms with van der Waals surface area (Å²) in [4.78, 5) is 12.3. The third-order valence-electron chi connectivity index (χ3n) is 3.79. The van der Waals surface area contributed by atoms with Crippen LogP contribution in [0.4, 0.5) is 5.69 Å². The standard InChI is InChI=1S/C20H24BrNO3/c1-3-4-5-6-13-25-17-10-8-16(9-11-17)22-20(23)15-7-12-19(24-2)18(21)14-15/h7-12,14H,3-6,13H2,1-2H3,(H,22,23). The Kier molecular flexibility index (Phi) is 7.79. The second-order valence-corrected chi connectivity index (χ2v) is 6.59. The van der Waals surface area contributed by atoms with Gasteiger partial charge >= 0.3 is 0 Å². The van der Waals surface area contributed by atoms with Gasteiger partial charge in [0, 0.05) is 11.3 Å². The zero-order valence-corrected chi connectivity index (χ0v) is 16.3. The Labute approximate surface area is 157 Å². The number of rotatable bonds is 9. The minimum Gasteiger partial charge on any atom is -0.496 e. The average molecular weight is 406 g/mol. The van der Waals surface area contributed by atoms with Crippen molar-refractivity contribution in [1.82, 2.24) is 0 Å². The molecular weight excluding hydrogens is 382 g/mol. The van der Waals surface area contributed by atoms with E-state index in [1.54, 1.807) is 25.3 Å². The van der Waals surface area contributed by atoms with Crippen LogP contribution in [-0.4, -0.2) is 19.6 Å². The molecule has 0 aliphatic carbocycles. The molecule has 134 valence electrons. The Hall–Kier alpha value is -2.01. The van der Waals surface area contributed by atoms with Crippen molar-refractivity contribution in [2.75, 3.05) is 19.0 Å². The monoisotopic (exact) mass is 405 g/mol. The fourth-order valence-corrected chi connectivity index (χ4v) is 2.90. The van der Waals surface area contributed by atoms with Crippen molar-refractivity contribution >= 4 is 27.5 Å². The van der Waals surface area contributed by atoms with Crippen molar-refractivity contribution in [2.24, 2.45) is 0 Å². The summed E-state index contributed by atoms with van der Waals surface area (Å²) in [5.74, 6) is 1.34. The molecule has 0 spiro atoms. The molecule has 0 aliphatic heterocycles. The summed E-state index contributed by atoms with van der Waals surface area (Å²) in [6.07, 6.45) is 4.73. The minimum absolute atomic E-state index is 0.170. The largest absolute Gasteiger partial charge is 0.496 e. The molecule has 2 aromatic carbocycles. The van der Waals surface area contributed by atoms with Crippen LogP contribution in [-0.2, 0) is 0 Å². The second kappa shape index (κ2) is 10.1. The average Bonchev–Trinajstić information content (AvgIpc) is 2.62. The van der Waals surface area contributed by atoms with Gasteiger partial charge in [-0.3, -0.25) is 4.79 Å². The number of carbonyl (C=O) groups is 1. The molecule has 0 aromatic heterocycles. The highest BCUT2D eigenvalue weighted by atomic mass is 79.9. The van der Waals surface area contributed by atoms with Crippen LogP contribution < -0.4 is 14.8 Å². The lowest BCUT2D eigenvalue weighted by Crippen LogP contribution is -2.11. The van der Waals surface area contributed by atoms with Crippen molar-refractivity contribution in [3.63, 3.8) is 0 Å². The number of hydrogen-bond acceptors (Lipinski definition) is 3. The van der Waals surface area contributed by atoms with Crippen LogP contribution in [0.25, 0.3) is 0 Å². The fourth-order valence-electron chi connectivity index (χ4n) is 2.36. The first-order valence-corrected chi connectivity index (χ1v) is 9.31. The van der Waals surface area contributed by atoms with Crippen LogP contribution in [0.3, 0.4) is 0 Å². The second-order valence-electron chi connectivity index (χ2n) is 5.74. The molecule has 0 heterocycles. The Morgan fingerprint density at radius 1 is 1.08 bits per heavy atom. The van der Waals surface area contributed by atoms with E-state index in [0.717, 1.165) is 28.9 Å². The first-order chi connectivity index (χ1) is 12.1. The van der Waals surface area contributed by atoms with Gasteiger partial charge in [0.05, 0.1) is 18.2 Å². The molecule has 0 atom stereocenters. The lowest BCUT2D eigenvalue weighted by atomic mass is 10.2. The molecule has 5 heteroatoms. The van der Waals surface area contributed by atoms with Gasteiger partial charge in [0.25, 0.3) is 5.91 Å². The molecule has 0 fully saturated rings. The van der Waals surface area contributed by atoms with Crippen molar-refractivity contribution in [1.29, 1.82) is 0 Å². The van der Waals surface area contributed by atoms with E-state index in [0.29, 0.717) is 11.3 Å². The smallest absolute Gasteiger partial charge is 0.255 e. The number of carbonyl (C=O) groups excluding carboxylic acids is 1. The molecule has 0 bridgehead atoms. The molecule has 1 N–H and O–H groups in total. The number of halogens is 1. The van der Waals surface area contributed by atoms with Crippen LogP contribution in [0.1, 0.15) is 43.0 Å². The normalized spacial score (nSPS) is 10.4. The van der Waals surface area contributed by atoms with Gasteiger partial charge in [-0.05, 0) is 64.8 Å². The lowest BCUT2D eigenvalue weighted by molar-refractivity contribution is 0.102. The maximum Gasteiger partial charge on any atom is 0.255 e. The molecule has 4 nitrogen and oxygen atoms in total. The molecule has 0 radical (unpaired) electrons. The molecule has 0 saturated heterocycles. The fraction of sp³-hybridized carbons (Fsp3) is 0.350. The van der Waals surface area contributed by atoms with Crippen LogP contribution in [0.2, 0.25) is 0 Å². The zero-order valence-electron chi connectivity index (χ0n) is 14.7. The van der Waals surface area contributed by atoms with E-state index in [-0.39, 0.29) is 5.91 Å². The molecule has 0 unspecified atom stereocenters. The van der Waals surface area contributed by atoms with Gasteiger partial charge in [-0.15, -0.1) is 0 Å². The molecule has 25 heavy (non-hydrogen) atoms. The summed E-state index contributed by atoms with van der Waals surface area (Å²) in [5.41, 5.74) is 1.29. The van der Waals surface area contributed by atoms with E-state index < -0.39 is 0 Å². The predicted octanol–water partition coefficient (Wildman–Crippen LogP) is 5.67. The summed E-state index contributed by atoms with van der Waals surface area (Å²) >= 11 is 3.39. The van der Waals surface area contributed by atoms with Gasteiger partial charge in [0.1, 0.15) is 11.5 Å². The van der Waals surface area contributed by atoms with E-state index in [1.165, 1.54) is 19.3 Å². The highest BCUT2D eigenvalue weighted by Crippen LogP contribution is 2.26. The number of anilines is 1. The third-order valence-corrected chi connectivity index (χ3v) is 4.41. The maximum atomic E-state index is 12.3. The van der Waals surface area contributed by atoms with Gasteiger partial charge < -0.3 is 14.8 Å². The summed E-state index contributed by atoms with van der Waals surface area (Å²) in [7, 11) is 1.59. The number of hydrogen-bond donors (Lipinski definition) is 1. The van der Waals surface area contributed by atoms with Crippen molar-refractivity contribution < 1.29 is 14.3 Å². The van der Waals surface area contributed by atoms with Crippen LogP contribution in [0.5, 0.6) is 11.5 Å². The van der Waals surface area contributed by atoms with Gasteiger partial charge in [-0.25, -0.2) is 0 Å². The molecule has 1 amide bonds. The SMILES string of the molecule is CCCCCCOc1ccc(NC(=O)c2ccc(OC)c(Br)c2)cc1. The zero-order chi connectivity index (χ0) is 18.1. The highest BCUT2D eigenvalue weighted by Gasteiger charge is 2.09. The van der Waals surface area contributed by atoms with Crippen molar-refractivity contribution in [3.8, 4) is 11.5 Å². The summed E-state index contributed by atoms with van der Waals surface area (Å²) in [6, 6.07) is 12.7. The number of methoxy groups -OCH3 is 1. The van der Waals surface area contributed by atoms with Gasteiger partial charge in [0.2, 0.25) is 0 Å². The van der Waals surface area contributed by atoms with Crippen LogP contribution in [0.15, 0.2) is 46.9 Å². The molecule has 2 rings (SSSR count). The van der Waals surface area contributed by atoms with E-state index >= 15 is 0 Å². The van der Waals surface area contributed by atoms with Crippen molar-refractivity contribution in [3.05, 3.63) is 52.5 Å². The number of benzene rings is 2. The van der Waals surface area contributed by atoms with Gasteiger partial charge in [0.15, 0.2) is 0 Å². The molecule has 2 aromatic rings. The summed E-state index contributed by atoms with van der Waals surface area (Å²) in [5, 5.41) is 2.88.